The van der Waals surface area contributed by atoms with Crippen LogP contribution in [-0.4, -0.2) is 36.9 Å². The number of hydrogen-bond donors (Lipinski definition) is 1. The van der Waals surface area contributed by atoms with E-state index in [2.05, 4.69) is 25.8 Å². The van der Waals surface area contributed by atoms with E-state index in [4.69, 9.17) is 11.6 Å². The van der Waals surface area contributed by atoms with Crippen molar-refractivity contribution in [3.8, 4) is 0 Å². The highest BCUT2D eigenvalue weighted by atomic mass is 35.5. The van der Waals surface area contributed by atoms with E-state index >= 15 is 0 Å². The molecule has 6 nitrogen and oxygen atoms in total. The highest BCUT2D eigenvalue weighted by Gasteiger charge is 2.25. The summed E-state index contributed by atoms with van der Waals surface area (Å²) in [6, 6.07) is 0. The van der Waals surface area contributed by atoms with E-state index in [1.807, 2.05) is 0 Å². The summed E-state index contributed by atoms with van der Waals surface area (Å²) in [6.45, 7) is 0.842. The number of alkyl halides is 1. The van der Waals surface area contributed by atoms with Crippen LogP contribution in [0.3, 0.4) is 0 Å². The predicted octanol–water partition coefficient (Wildman–Crippen LogP) is 1.34. The van der Waals surface area contributed by atoms with Gasteiger partial charge in [-0.3, -0.25) is 4.98 Å². The minimum Gasteiger partial charge on any atom is -0.368 e. The Kier molecular flexibility index (Phi) is 2.80. The molecule has 2 unspecified atom stereocenters. The topological polar surface area (TPSA) is 68.0 Å². The fourth-order valence-electron chi connectivity index (χ4n) is 2.25. The van der Waals surface area contributed by atoms with Crippen molar-refractivity contribution < 1.29 is 0 Å². The Morgan fingerprint density at radius 1 is 1.41 bits per heavy atom. The number of nitrogens with one attached hydrogen (secondary N) is 1. The molecule has 0 aromatic carbocycles. The molecule has 1 aliphatic rings. The minimum atomic E-state index is 0.281. The zero-order valence-corrected chi connectivity index (χ0v) is 10.0. The zero-order valence-electron chi connectivity index (χ0n) is 9.25. The van der Waals surface area contributed by atoms with E-state index in [1.54, 1.807) is 16.9 Å². The van der Waals surface area contributed by atoms with E-state index in [9.17, 15) is 0 Å². The first kappa shape index (κ1) is 10.7. The summed E-state index contributed by atoms with van der Waals surface area (Å²) in [7, 11) is 0. The third kappa shape index (κ3) is 2.04. The second-order valence-corrected chi connectivity index (χ2v) is 4.89. The quantitative estimate of drug-likeness (QED) is 0.835. The van der Waals surface area contributed by atoms with Crippen LogP contribution < -0.4 is 5.32 Å². The van der Waals surface area contributed by atoms with Gasteiger partial charge in [-0.2, -0.15) is 4.52 Å². The van der Waals surface area contributed by atoms with Gasteiger partial charge in [0.25, 0.3) is 0 Å². The van der Waals surface area contributed by atoms with Gasteiger partial charge in [-0.25, -0.2) is 0 Å². The molecule has 0 radical (unpaired) electrons. The van der Waals surface area contributed by atoms with Crippen molar-refractivity contribution in [2.45, 2.75) is 24.6 Å². The van der Waals surface area contributed by atoms with Gasteiger partial charge >= 0.3 is 0 Å². The molecule has 2 atom stereocenters. The zero-order chi connectivity index (χ0) is 11.7. The lowest BCUT2D eigenvalue weighted by molar-refractivity contribution is 0.583. The second-order valence-electron chi connectivity index (χ2n) is 4.33. The molecule has 7 heteroatoms. The Hall–Kier alpha value is -1.43. The van der Waals surface area contributed by atoms with Gasteiger partial charge in [-0.15, -0.1) is 16.7 Å². The van der Waals surface area contributed by atoms with Crippen LogP contribution in [0.1, 0.15) is 19.3 Å². The molecule has 0 bridgehead atoms. The van der Waals surface area contributed by atoms with Crippen molar-refractivity contribution in [1.29, 1.82) is 0 Å². The number of fused-ring (bicyclic) bond motifs is 1. The number of aromatic nitrogens is 5. The molecule has 2 aromatic heterocycles. The van der Waals surface area contributed by atoms with Crippen LogP contribution in [0.15, 0.2) is 12.4 Å². The van der Waals surface area contributed by atoms with Crippen molar-refractivity contribution >= 4 is 23.1 Å². The molecule has 17 heavy (non-hydrogen) atoms. The Morgan fingerprint density at radius 3 is 3.18 bits per heavy atom. The van der Waals surface area contributed by atoms with Gasteiger partial charge in [0.2, 0.25) is 0 Å². The third-order valence-electron chi connectivity index (χ3n) is 3.22. The van der Waals surface area contributed by atoms with E-state index in [1.165, 1.54) is 12.8 Å². The average molecular weight is 253 g/mol. The second kappa shape index (κ2) is 4.44. The summed E-state index contributed by atoms with van der Waals surface area (Å²) >= 11 is 6.24. The molecule has 0 saturated heterocycles. The monoisotopic (exact) mass is 252 g/mol. The number of nitrogens with zero attached hydrogens (tertiary/aromatic N) is 5. The lowest BCUT2D eigenvalue weighted by Gasteiger charge is -2.15. The van der Waals surface area contributed by atoms with Gasteiger partial charge in [0, 0.05) is 11.9 Å². The van der Waals surface area contributed by atoms with Crippen LogP contribution in [0.4, 0.5) is 5.82 Å². The summed E-state index contributed by atoms with van der Waals surface area (Å²) < 4.78 is 1.64. The molecule has 0 amide bonds. The lowest BCUT2D eigenvalue weighted by atomic mass is 10.1. The maximum atomic E-state index is 6.24. The SMILES string of the molecule is ClC1CCCC1CNc1cncc2nnnn12. The molecular formula is C10H13ClN6. The lowest BCUT2D eigenvalue weighted by Crippen LogP contribution is -2.19. The maximum Gasteiger partial charge on any atom is 0.199 e. The number of hydrogen-bond acceptors (Lipinski definition) is 5. The van der Waals surface area contributed by atoms with Gasteiger partial charge in [-0.1, -0.05) is 6.42 Å². The van der Waals surface area contributed by atoms with Gasteiger partial charge in [0.1, 0.15) is 5.82 Å². The first-order valence-corrected chi connectivity index (χ1v) is 6.18. The van der Waals surface area contributed by atoms with E-state index in [0.717, 1.165) is 18.8 Å². The summed E-state index contributed by atoms with van der Waals surface area (Å²) in [4.78, 5) is 4.09. The van der Waals surface area contributed by atoms with Crippen LogP contribution >= 0.6 is 11.6 Å². The highest BCUT2D eigenvalue weighted by molar-refractivity contribution is 6.20. The van der Waals surface area contributed by atoms with Crippen LogP contribution in [0, 0.1) is 5.92 Å². The minimum absolute atomic E-state index is 0.281. The summed E-state index contributed by atoms with van der Waals surface area (Å²) in [5.41, 5.74) is 0.642. The number of tetrazole rings is 1. The summed E-state index contributed by atoms with van der Waals surface area (Å²) in [5, 5.41) is 15.0. The molecule has 0 spiro atoms. The van der Waals surface area contributed by atoms with Crippen LogP contribution in [0.2, 0.25) is 0 Å². The molecule has 1 N–H and O–H groups in total. The van der Waals surface area contributed by atoms with E-state index in [-0.39, 0.29) is 5.38 Å². The fraction of sp³-hybridized carbons (Fsp3) is 0.600. The molecule has 1 fully saturated rings. The maximum absolute atomic E-state index is 6.24. The molecule has 2 aromatic rings. The molecule has 90 valence electrons. The molecule has 3 rings (SSSR count). The van der Waals surface area contributed by atoms with Gasteiger partial charge in [0.15, 0.2) is 5.65 Å². The third-order valence-corrected chi connectivity index (χ3v) is 3.79. The Morgan fingerprint density at radius 2 is 2.35 bits per heavy atom. The van der Waals surface area contributed by atoms with Crippen molar-refractivity contribution in [2.24, 2.45) is 5.92 Å². The Labute approximate surface area is 103 Å². The summed E-state index contributed by atoms with van der Waals surface area (Å²) in [6.07, 6.45) is 6.86. The van der Waals surface area contributed by atoms with Gasteiger partial charge in [-0.05, 0) is 29.2 Å². The van der Waals surface area contributed by atoms with Gasteiger partial charge in [0.05, 0.1) is 12.4 Å². The van der Waals surface area contributed by atoms with Crippen molar-refractivity contribution in [2.75, 3.05) is 11.9 Å². The molecule has 1 aliphatic carbocycles. The normalized spacial score (nSPS) is 24.3. The van der Waals surface area contributed by atoms with E-state index in [0.29, 0.717) is 11.6 Å². The van der Waals surface area contributed by atoms with E-state index < -0.39 is 0 Å². The smallest absolute Gasteiger partial charge is 0.199 e. The van der Waals surface area contributed by atoms with Crippen LogP contribution in [0.25, 0.3) is 5.65 Å². The first-order chi connectivity index (χ1) is 8.34. The first-order valence-electron chi connectivity index (χ1n) is 5.74. The standard InChI is InChI=1S/C10H13ClN6/c11-8-3-1-2-7(8)4-13-9-5-12-6-10-14-15-16-17(9)10/h5-8,13H,1-4H2. The average Bonchev–Trinajstić information content (AvgIpc) is 2.95. The molecule has 0 aliphatic heterocycles. The van der Waals surface area contributed by atoms with Crippen molar-refractivity contribution in [3.63, 3.8) is 0 Å². The predicted molar refractivity (Wildman–Crippen MR) is 64.0 cm³/mol. The molecule has 2 heterocycles. The van der Waals surface area contributed by atoms with Crippen molar-refractivity contribution in [3.05, 3.63) is 12.4 Å². The molecular weight excluding hydrogens is 240 g/mol. The fourth-order valence-corrected chi connectivity index (χ4v) is 2.62. The number of halogens is 1. The number of rotatable bonds is 3. The summed E-state index contributed by atoms with van der Waals surface area (Å²) in [5.74, 6) is 1.33. The van der Waals surface area contributed by atoms with Crippen molar-refractivity contribution in [1.82, 2.24) is 25.0 Å². The Bertz CT molecular complexity index is 512. The van der Waals surface area contributed by atoms with Crippen LogP contribution in [0.5, 0.6) is 0 Å². The largest absolute Gasteiger partial charge is 0.368 e. The number of anilines is 1. The highest BCUT2D eigenvalue weighted by Crippen LogP contribution is 2.30. The van der Waals surface area contributed by atoms with Crippen LogP contribution in [-0.2, 0) is 0 Å². The Balaban J connectivity index is 1.74. The van der Waals surface area contributed by atoms with Gasteiger partial charge < -0.3 is 5.32 Å². The molecule has 1 saturated carbocycles.